The van der Waals surface area contributed by atoms with Crippen molar-refractivity contribution in [2.45, 2.75) is 44.5 Å². The molecular formula is C13H19N5O3S3. The Morgan fingerprint density at radius 3 is 2.58 bits per heavy atom. The SMILES string of the molecule is CC(=O)Nc1nnc(S(=O)(=O)NC(CC(C)C)c2nc(C)cs2)s1. The Balaban J connectivity index is 2.23. The number of carbonyl (C=O) groups is 1. The van der Waals surface area contributed by atoms with Crippen molar-refractivity contribution in [3.05, 3.63) is 16.1 Å². The molecule has 0 radical (unpaired) electrons. The van der Waals surface area contributed by atoms with E-state index >= 15 is 0 Å². The molecule has 132 valence electrons. The molecule has 2 aromatic heterocycles. The molecule has 2 N–H and O–H groups in total. The molecule has 0 aliphatic carbocycles. The van der Waals surface area contributed by atoms with Crippen molar-refractivity contribution in [3.63, 3.8) is 0 Å². The topological polar surface area (TPSA) is 114 Å². The van der Waals surface area contributed by atoms with Crippen LogP contribution in [0.25, 0.3) is 0 Å². The standard InChI is InChI=1S/C13H19N5O3S3/c1-7(2)5-10(11-14-8(3)6-22-11)18-24(20,21)13-17-16-12(23-13)15-9(4)19/h6-7,10,18H,5H2,1-4H3,(H,15,16,19). The van der Waals surface area contributed by atoms with Crippen LogP contribution in [-0.4, -0.2) is 29.5 Å². The van der Waals surface area contributed by atoms with Gasteiger partial charge in [-0.25, -0.2) is 13.4 Å². The van der Waals surface area contributed by atoms with Crippen LogP contribution >= 0.6 is 22.7 Å². The summed E-state index contributed by atoms with van der Waals surface area (Å²) in [6, 6.07) is -0.429. The van der Waals surface area contributed by atoms with E-state index in [-0.39, 0.29) is 21.3 Å². The highest BCUT2D eigenvalue weighted by Crippen LogP contribution is 2.28. The van der Waals surface area contributed by atoms with Crippen LogP contribution in [0.15, 0.2) is 9.72 Å². The molecule has 2 rings (SSSR count). The number of sulfonamides is 1. The van der Waals surface area contributed by atoms with E-state index in [0.29, 0.717) is 6.42 Å². The number of thiazole rings is 1. The van der Waals surface area contributed by atoms with Crippen LogP contribution in [0.4, 0.5) is 5.13 Å². The maximum absolute atomic E-state index is 12.6. The first-order chi connectivity index (χ1) is 11.2. The minimum Gasteiger partial charge on any atom is -0.301 e. The summed E-state index contributed by atoms with van der Waals surface area (Å²) in [5.41, 5.74) is 0.854. The Morgan fingerprint density at radius 2 is 2.04 bits per heavy atom. The van der Waals surface area contributed by atoms with E-state index in [1.807, 2.05) is 26.2 Å². The normalized spacial score (nSPS) is 13.2. The number of aryl methyl sites for hydroxylation is 1. The molecule has 0 spiro atoms. The zero-order chi connectivity index (χ0) is 17.9. The van der Waals surface area contributed by atoms with Crippen LogP contribution in [0.5, 0.6) is 0 Å². The predicted octanol–water partition coefficient (Wildman–Crippen LogP) is 2.33. The lowest BCUT2D eigenvalue weighted by Gasteiger charge is -2.17. The van der Waals surface area contributed by atoms with E-state index < -0.39 is 16.1 Å². The molecule has 8 nitrogen and oxygen atoms in total. The van der Waals surface area contributed by atoms with Crippen molar-refractivity contribution in [2.24, 2.45) is 5.92 Å². The van der Waals surface area contributed by atoms with Gasteiger partial charge in [-0.1, -0.05) is 25.2 Å². The largest absolute Gasteiger partial charge is 0.301 e. The molecule has 1 unspecified atom stereocenters. The highest BCUT2D eigenvalue weighted by Gasteiger charge is 2.27. The number of aromatic nitrogens is 3. The monoisotopic (exact) mass is 389 g/mol. The maximum Gasteiger partial charge on any atom is 0.270 e. The van der Waals surface area contributed by atoms with Crippen LogP contribution in [-0.2, 0) is 14.8 Å². The van der Waals surface area contributed by atoms with E-state index in [9.17, 15) is 13.2 Å². The fourth-order valence-electron chi connectivity index (χ4n) is 1.96. The minimum atomic E-state index is -3.85. The van der Waals surface area contributed by atoms with Crippen LogP contribution < -0.4 is 10.0 Å². The van der Waals surface area contributed by atoms with Crippen LogP contribution in [0.2, 0.25) is 0 Å². The van der Waals surface area contributed by atoms with Crippen molar-refractivity contribution in [1.82, 2.24) is 19.9 Å². The van der Waals surface area contributed by atoms with Gasteiger partial charge in [-0.05, 0) is 19.3 Å². The molecule has 2 aromatic rings. The summed E-state index contributed by atoms with van der Waals surface area (Å²) in [4.78, 5) is 15.4. The average Bonchev–Trinajstić information content (AvgIpc) is 3.06. The zero-order valence-corrected chi connectivity index (χ0v) is 16.2. The van der Waals surface area contributed by atoms with Gasteiger partial charge in [0.05, 0.1) is 6.04 Å². The zero-order valence-electron chi connectivity index (χ0n) is 13.7. The molecule has 1 amide bonds. The lowest BCUT2D eigenvalue weighted by Crippen LogP contribution is -2.29. The second-order valence-corrected chi connectivity index (χ2v) is 9.44. The summed E-state index contributed by atoms with van der Waals surface area (Å²) < 4.78 is 27.6. The second kappa shape index (κ2) is 7.64. The number of hydrogen-bond donors (Lipinski definition) is 2. The number of hydrogen-bond acceptors (Lipinski definition) is 8. The molecule has 0 saturated heterocycles. The van der Waals surface area contributed by atoms with Crippen molar-refractivity contribution in [2.75, 3.05) is 5.32 Å². The first-order valence-corrected chi connectivity index (χ1v) is 10.4. The van der Waals surface area contributed by atoms with E-state index in [1.165, 1.54) is 18.3 Å². The van der Waals surface area contributed by atoms with E-state index in [1.54, 1.807) is 0 Å². The smallest absolute Gasteiger partial charge is 0.270 e. The molecule has 0 bridgehead atoms. The molecule has 0 aromatic carbocycles. The van der Waals surface area contributed by atoms with E-state index in [4.69, 9.17) is 0 Å². The summed E-state index contributed by atoms with van der Waals surface area (Å²) >= 11 is 2.23. The van der Waals surface area contributed by atoms with Gasteiger partial charge >= 0.3 is 0 Å². The Kier molecular flexibility index (Phi) is 6.01. The average molecular weight is 390 g/mol. The second-order valence-electron chi connectivity index (χ2n) is 5.68. The number of nitrogens with one attached hydrogen (secondary N) is 2. The lowest BCUT2D eigenvalue weighted by molar-refractivity contribution is -0.114. The lowest BCUT2D eigenvalue weighted by atomic mass is 10.1. The summed E-state index contributed by atoms with van der Waals surface area (Å²) in [7, 11) is -3.85. The Labute approximate surface area is 148 Å². The molecule has 0 fully saturated rings. The Hall–Kier alpha value is -1.43. The summed E-state index contributed by atoms with van der Waals surface area (Å²) in [5, 5.41) is 12.5. The highest BCUT2D eigenvalue weighted by atomic mass is 32.2. The maximum atomic E-state index is 12.6. The number of rotatable bonds is 7. The van der Waals surface area contributed by atoms with Gasteiger partial charge in [0.1, 0.15) is 5.01 Å². The number of nitrogens with zero attached hydrogens (tertiary/aromatic N) is 3. The third-order valence-corrected chi connectivity index (χ3v) is 6.61. The van der Waals surface area contributed by atoms with Crippen molar-refractivity contribution in [1.29, 1.82) is 0 Å². The van der Waals surface area contributed by atoms with Gasteiger partial charge in [-0.2, -0.15) is 4.72 Å². The first kappa shape index (κ1) is 18.9. The van der Waals surface area contributed by atoms with Crippen molar-refractivity contribution < 1.29 is 13.2 Å². The fourth-order valence-corrected chi connectivity index (χ4v) is 5.07. The molecular weight excluding hydrogens is 370 g/mol. The Morgan fingerprint density at radius 1 is 1.33 bits per heavy atom. The fraction of sp³-hybridized carbons (Fsp3) is 0.538. The first-order valence-electron chi connectivity index (χ1n) is 7.23. The van der Waals surface area contributed by atoms with Crippen LogP contribution in [0.1, 0.15) is 43.9 Å². The van der Waals surface area contributed by atoms with Crippen molar-refractivity contribution in [3.8, 4) is 0 Å². The third kappa shape index (κ3) is 5.03. The summed E-state index contributed by atoms with van der Waals surface area (Å²) in [6.45, 7) is 7.21. The number of anilines is 1. The van der Waals surface area contributed by atoms with Gasteiger partial charge in [0.25, 0.3) is 10.0 Å². The van der Waals surface area contributed by atoms with Gasteiger partial charge in [0, 0.05) is 18.0 Å². The third-order valence-electron chi connectivity index (χ3n) is 2.86. The van der Waals surface area contributed by atoms with Crippen LogP contribution in [0.3, 0.4) is 0 Å². The number of amides is 1. The quantitative estimate of drug-likeness (QED) is 0.703. The van der Waals surface area contributed by atoms with Gasteiger partial charge < -0.3 is 5.32 Å². The molecule has 2 heterocycles. The molecule has 0 saturated carbocycles. The predicted molar refractivity (Wildman–Crippen MR) is 93.6 cm³/mol. The van der Waals surface area contributed by atoms with E-state index in [2.05, 4.69) is 25.2 Å². The van der Waals surface area contributed by atoms with Gasteiger partial charge in [-0.15, -0.1) is 21.5 Å². The van der Waals surface area contributed by atoms with Gasteiger partial charge in [-0.3, -0.25) is 4.79 Å². The molecule has 24 heavy (non-hydrogen) atoms. The minimum absolute atomic E-state index is 0.147. The molecule has 0 aliphatic rings. The molecule has 11 heteroatoms. The van der Waals surface area contributed by atoms with E-state index in [0.717, 1.165) is 22.0 Å². The van der Waals surface area contributed by atoms with Crippen LogP contribution in [0, 0.1) is 12.8 Å². The van der Waals surface area contributed by atoms with Gasteiger partial charge in [0.15, 0.2) is 0 Å². The Bertz CT molecular complexity index is 812. The highest BCUT2D eigenvalue weighted by molar-refractivity contribution is 7.91. The molecule has 1 atom stereocenters. The van der Waals surface area contributed by atoms with Gasteiger partial charge in [0.2, 0.25) is 15.4 Å². The number of carbonyl (C=O) groups excluding carboxylic acids is 1. The summed E-state index contributed by atoms with van der Waals surface area (Å²) in [5.74, 6) is -0.0507. The van der Waals surface area contributed by atoms with Crippen molar-refractivity contribution >= 4 is 43.7 Å². The summed E-state index contributed by atoms with van der Waals surface area (Å²) in [6.07, 6.45) is 0.615. The molecule has 0 aliphatic heterocycles.